The van der Waals surface area contributed by atoms with E-state index in [1.165, 1.54) is 21.2 Å². The van der Waals surface area contributed by atoms with Crippen LogP contribution in [0.15, 0.2) is 58.3 Å². The average molecular weight is 408 g/mol. The van der Waals surface area contributed by atoms with E-state index in [9.17, 15) is 0 Å². The maximum atomic E-state index is 3.42. The Morgan fingerprint density at radius 2 is 1.20 bits per heavy atom. The van der Waals surface area contributed by atoms with E-state index in [1.54, 1.807) is 0 Å². The van der Waals surface area contributed by atoms with Crippen LogP contribution in [-0.4, -0.2) is 27.3 Å². The van der Waals surface area contributed by atoms with Crippen LogP contribution in [0.5, 0.6) is 0 Å². The van der Waals surface area contributed by atoms with Gasteiger partial charge >= 0.3 is 27.3 Å². The SMILES string of the molecule is [PbH2].c1ccc2c(c1)Nc1ccccc1S2. The summed E-state index contributed by atoms with van der Waals surface area (Å²) in [5.41, 5.74) is 2.41. The normalized spacial score (nSPS) is 11.7. The van der Waals surface area contributed by atoms with E-state index in [1.807, 2.05) is 11.8 Å². The molecular formula is C12H11NPbS. The predicted octanol–water partition coefficient (Wildman–Crippen LogP) is 2.98. The van der Waals surface area contributed by atoms with E-state index in [4.69, 9.17) is 0 Å². The molecule has 0 fully saturated rings. The minimum absolute atomic E-state index is 0. The number of hydrogen-bond donors (Lipinski definition) is 1. The molecule has 0 aliphatic carbocycles. The second-order valence-corrected chi connectivity index (χ2v) is 4.30. The van der Waals surface area contributed by atoms with Gasteiger partial charge in [0.25, 0.3) is 0 Å². The molecule has 0 saturated heterocycles. The Kier molecular flexibility index (Phi) is 3.36. The number of rotatable bonds is 0. The molecule has 0 bridgehead atoms. The average Bonchev–Trinajstić information content (AvgIpc) is 2.26. The number of anilines is 2. The summed E-state index contributed by atoms with van der Waals surface area (Å²) < 4.78 is 0. The molecule has 15 heavy (non-hydrogen) atoms. The van der Waals surface area contributed by atoms with E-state index in [-0.39, 0.29) is 27.3 Å². The molecule has 1 nitrogen and oxygen atoms in total. The van der Waals surface area contributed by atoms with Gasteiger partial charge in [-0.3, -0.25) is 0 Å². The summed E-state index contributed by atoms with van der Waals surface area (Å²) in [6, 6.07) is 16.8. The van der Waals surface area contributed by atoms with Crippen molar-refractivity contribution in [3.8, 4) is 0 Å². The van der Waals surface area contributed by atoms with Crippen LogP contribution in [0, 0.1) is 0 Å². The minimum atomic E-state index is 0. The van der Waals surface area contributed by atoms with Gasteiger partial charge in [0.2, 0.25) is 0 Å². The minimum Gasteiger partial charge on any atom is -0.354 e. The van der Waals surface area contributed by atoms with Crippen molar-refractivity contribution in [1.29, 1.82) is 0 Å². The zero-order valence-electron chi connectivity index (χ0n) is 8.23. The molecule has 1 heterocycles. The van der Waals surface area contributed by atoms with Gasteiger partial charge in [0, 0.05) is 9.79 Å². The van der Waals surface area contributed by atoms with Crippen LogP contribution in [0.25, 0.3) is 0 Å². The van der Waals surface area contributed by atoms with Gasteiger partial charge in [-0.05, 0) is 24.3 Å². The van der Waals surface area contributed by atoms with Crippen LogP contribution >= 0.6 is 11.8 Å². The van der Waals surface area contributed by atoms with E-state index in [0.717, 1.165) is 0 Å². The maximum Gasteiger partial charge on any atom is 0.0526 e. The number of benzene rings is 2. The van der Waals surface area contributed by atoms with Crippen LogP contribution < -0.4 is 5.32 Å². The second kappa shape index (κ2) is 4.57. The first-order valence-electron chi connectivity index (χ1n) is 4.56. The molecule has 1 aliphatic heterocycles. The molecule has 2 radical (unpaired) electrons. The Morgan fingerprint density at radius 3 is 1.73 bits per heavy atom. The van der Waals surface area contributed by atoms with Crippen molar-refractivity contribution in [2.24, 2.45) is 0 Å². The summed E-state index contributed by atoms with van der Waals surface area (Å²) in [6.45, 7) is 0. The van der Waals surface area contributed by atoms with Gasteiger partial charge in [0.15, 0.2) is 0 Å². The fourth-order valence-electron chi connectivity index (χ4n) is 1.58. The van der Waals surface area contributed by atoms with Gasteiger partial charge in [-0.25, -0.2) is 0 Å². The number of hydrogen-bond acceptors (Lipinski definition) is 2. The van der Waals surface area contributed by atoms with Gasteiger partial charge in [0.1, 0.15) is 0 Å². The van der Waals surface area contributed by atoms with Crippen molar-refractivity contribution < 1.29 is 0 Å². The first-order valence-corrected chi connectivity index (χ1v) is 5.38. The molecule has 74 valence electrons. The van der Waals surface area contributed by atoms with Crippen LogP contribution in [0.4, 0.5) is 11.4 Å². The first kappa shape index (κ1) is 11.0. The fraction of sp³-hybridized carbons (Fsp3) is 0. The third-order valence-corrected chi connectivity index (χ3v) is 3.42. The van der Waals surface area contributed by atoms with Crippen LogP contribution in [-0.2, 0) is 0 Å². The van der Waals surface area contributed by atoms with Crippen molar-refractivity contribution in [2.75, 3.05) is 5.32 Å². The van der Waals surface area contributed by atoms with Gasteiger partial charge in [-0.1, -0.05) is 36.0 Å². The second-order valence-electron chi connectivity index (χ2n) is 3.22. The number of fused-ring (bicyclic) bond motifs is 2. The van der Waals surface area contributed by atoms with Gasteiger partial charge < -0.3 is 5.32 Å². The largest absolute Gasteiger partial charge is 0.354 e. The Hall–Kier alpha value is -0.488. The molecule has 1 aliphatic rings. The van der Waals surface area contributed by atoms with Gasteiger partial charge in [-0.15, -0.1) is 0 Å². The summed E-state index contributed by atoms with van der Waals surface area (Å²) in [5, 5.41) is 3.42. The molecule has 0 unspecified atom stereocenters. The third kappa shape index (κ3) is 2.06. The maximum absolute atomic E-state index is 3.42. The Labute approximate surface area is 113 Å². The molecule has 0 aromatic heterocycles. The van der Waals surface area contributed by atoms with Crippen LogP contribution in [0.1, 0.15) is 0 Å². The molecule has 0 amide bonds. The molecule has 1 N–H and O–H groups in total. The zero-order chi connectivity index (χ0) is 9.38. The molecule has 3 heteroatoms. The van der Waals surface area contributed by atoms with Gasteiger partial charge in [-0.2, -0.15) is 0 Å². The van der Waals surface area contributed by atoms with Crippen molar-refractivity contribution in [2.45, 2.75) is 9.79 Å². The number of para-hydroxylation sites is 2. The van der Waals surface area contributed by atoms with Crippen molar-refractivity contribution >= 4 is 50.4 Å². The summed E-state index contributed by atoms with van der Waals surface area (Å²) in [4.78, 5) is 2.59. The summed E-state index contributed by atoms with van der Waals surface area (Å²) in [7, 11) is 0. The summed E-state index contributed by atoms with van der Waals surface area (Å²) >= 11 is 1.82. The molecule has 2 aromatic rings. The molecule has 0 atom stereocenters. The Balaban J connectivity index is 0.000000853. The van der Waals surface area contributed by atoms with E-state index in [0.29, 0.717) is 0 Å². The van der Waals surface area contributed by atoms with Crippen molar-refractivity contribution in [3.63, 3.8) is 0 Å². The smallest absolute Gasteiger partial charge is 0.0526 e. The quantitative estimate of drug-likeness (QED) is 0.574. The standard InChI is InChI=1S/C12H9NS.Pb.2H/c1-3-7-11-9(5-1)13-10-6-2-4-8-12(10)14-11;;;/h1-8,13H;;;. The van der Waals surface area contributed by atoms with Gasteiger partial charge in [0.05, 0.1) is 11.4 Å². The van der Waals surface area contributed by atoms with Crippen LogP contribution in [0.2, 0.25) is 0 Å². The molecule has 3 rings (SSSR count). The first-order chi connectivity index (χ1) is 6.93. The van der Waals surface area contributed by atoms with E-state index < -0.39 is 0 Å². The van der Waals surface area contributed by atoms with E-state index in [2.05, 4.69) is 53.8 Å². The molecule has 2 aromatic carbocycles. The van der Waals surface area contributed by atoms with Crippen LogP contribution in [0.3, 0.4) is 0 Å². The van der Waals surface area contributed by atoms with E-state index >= 15 is 0 Å². The van der Waals surface area contributed by atoms with Crippen molar-refractivity contribution in [1.82, 2.24) is 0 Å². The predicted molar refractivity (Wildman–Crippen MR) is 68.8 cm³/mol. The monoisotopic (exact) mass is 409 g/mol. The zero-order valence-corrected chi connectivity index (χ0v) is 14.5. The number of nitrogens with one attached hydrogen (secondary N) is 1. The molecule has 0 spiro atoms. The van der Waals surface area contributed by atoms with Crippen molar-refractivity contribution in [3.05, 3.63) is 48.5 Å². The fourth-order valence-corrected chi connectivity index (χ4v) is 2.57. The molecule has 0 saturated carbocycles. The summed E-state index contributed by atoms with van der Waals surface area (Å²) in [6.07, 6.45) is 0. The Morgan fingerprint density at radius 1 is 0.733 bits per heavy atom. The molecular weight excluding hydrogens is 397 g/mol. The third-order valence-electron chi connectivity index (χ3n) is 2.26. The summed E-state index contributed by atoms with van der Waals surface area (Å²) in [5.74, 6) is 0. The topological polar surface area (TPSA) is 12.0 Å². The Bertz CT molecular complexity index is 397.